The van der Waals surface area contributed by atoms with Crippen molar-refractivity contribution < 1.29 is 9.53 Å². The number of H-pyrrole nitrogens is 1. The lowest BCUT2D eigenvalue weighted by Crippen LogP contribution is -1.84. The number of aldehydes is 1. The number of ether oxygens (including phenoxy) is 1. The molecule has 14 heavy (non-hydrogen) atoms. The van der Waals surface area contributed by atoms with Gasteiger partial charge in [-0.05, 0) is 12.1 Å². The zero-order valence-corrected chi connectivity index (χ0v) is 8.26. The summed E-state index contributed by atoms with van der Waals surface area (Å²) in [7, 11) is 1.55. The van der Waals surface area contributed by atoms with E-state index < -0.39 is 0 Å². The van der Waals surface area contributed by atoms with E-state index >= 15 is 0 Å². The summed E-state index contributed by atoms with van der Waals surface area (Å²) in [4.78, 5) is 13.6. The third-order valence-electron chi connectivity index (χ3n) is 2.14. The Morgan fingerprint density at radius 1 is 1.50 bits per heavy atom. The highest BCUT2D eigenvalue weighted by Crippen LogP contribution is 2.32. The van der Waals surface area contributed by atoms with Crippen LogP contribution in [0, 0.1) is 0 Å². The van der Waals surface area contributed by atoms with Gasteiger partial charge in [-0.1, -0.05) is 11.6 Å². The number of halogens is 1. The number of aromatic nitrogens is 1. The van der Waals surface area contributed by atoms with Crippen LogP contribution >= 0.6 is 11.6 Å². The van der Waals surface area contributed by atoms with Crippen LogP contribution in [0.25, 0.3) is 10.9 Å². The molecule has 2 rings (SSSR count). The quantitative estimate of drug-likeness (QED) is 0.773. The zero-order valence-electron chi connectivity index (χ0n) is 7.50. The number of hydrogen-bond acceptors (Lipinski definition) is 2. The number of methoxy groups -OCH3 is 1. The standard InChI is InChI=1S/C10H8ClNO2/c1-14-8-3-2-7-6(5-13)4-12-10(7)9(8)11/h2-5,12H,1H3. The van der Waals surface area contributed by atoms with Crippen LogP contribution in [-0.4, -0.2) is 18.4 Å². The molecule has 72 valence electrons. The molecule has 0 amide bonds. The molecule has 0 aliphatic carbocycles. The van der Waals surface area contributed by atoms with Crippen molar-refractivity contribution in [1.29, 1.82) is 0 Å². The minimum atomic E-state index is 0.498. The average molecular weight is 210 g/mol. The highest BCUT2D eigenvalue weighted by molar-refractivity contribution is 6.37. The van der Waals surface area contributed by atoms with Gasteiger partial charge < -0.3 is 9.72 Å². The molecule has 1 heterocycles. The molecule has 0 unspecified atom stereocenters. The van der Waals surface area contributed by atoms with E-state index in [0.29, 0.717) is 16.3 Å². The van der Waals surface area contributed by atoms with Crippen LogP contribution in [0.3, 0.4) is 0 Å². The van der Waals surface area contributed by atoms with Crippen LogP contribution in [0.2, 0.25) is 5.02 Å². The first-order chi connectivity index (χ1) is 6.77. The van der Waals surface area contributed by atoms with E-state index in [9.17, 15) is 4.79 Å². The first-order valence-corrected chi connectivity index (χ1v) is 4.44. The van der Waals surface area contributed by atoms with Gasteiger partial charge in [0.1, 0.15) is 10.8 Å². The SMILES string of the molecule is COc1ccc2c(C=O)c[nH]c2c1Cl. The number of aromatic amines is 1. The number of benzene rings is 1. The van der Waals surface area contributed by atoms with E-state index in [4.69, 9.17) is 16.3 Å². The Bertz CT molecular complexity index is 490. The predicted molar refractivity (Wildman–Crippen MR) is 55.2 cm³/mol. The first kappa shape index (κ1) is 9.09. The van der Waals surface area contributed by atoms with Crippen molar-refractivity contribution in [3.8, 4) is 5.75 Å². The Labute approximate surface area is 85.6 Å². The Morgan fingerprint density at radius 2 is 2.29 bits per heavy atom. The van der Waals surface area contributed by atoms with Crippen molar-refractivity contribution in [3.63, 3.8) is 0 Å². The van der Waals surface area contributed by atoms with Crippen LogP contribution in [0.5, 0.6) is 5.75 Å². The first-order valence-electron chi connectivity index (χ1n) is 4.06. The summed E-state index contributed by atoms with van der Waals surface area (Å²) in [5, 5.41) is 1.31. The van der Waals surface area contributed by atoms with Gasteiger partial charge in [0.05, 0.1) is 12.6 Å². The van der Waals surface area contributed by atoms with Crippen LogP contribution in [0.15, 0.2) is 18.3 Å². The minimum absolute atomic E-state index is 0.498. The minimum Gasteiger partial charge on any atom is -0.495 e. The van der Waals surface area contributed by atoms with Gasteiger partial charge in [0.25, 0.3) is 0 Å². The molecule has 0 atom stereocenters. The lowest BCUT2D eigenvalue weighted by Gasteiger charge is -2.02. The van der Waals surface area contributed by atoms with Gasteiger partial charge in [-0.3, -0.25) is 4.79 Å². The van der Waals surface area contributed by atoms with E-state index in [1.807, 2.05) is 0 Å². The van der Waals surface area contributed by atoms with Gasteiger partial charge >= 0.3 is 0 Å². The van der Waals surface area contributed by atoms with Gasteiger partial charge in [0.15, 0.2) is 6.29 Å². The van der Waals surface area contributed by atoms with E-state index in [1.165, 1.54) is 0 Å². The number of carbonyl (C=O) groups excluding carboxylic acids is 1. The molecule has 0 radical (unpaired) electrons. The Morgan fingerprint density at radius 3 is 2.93 bits per heavy atom. The second kappa shape index (κ2) is 3.35. The molecule has 0 saturated carbocycles. The summed E-state index contributed by atoms with van der Waals surface area (Å²) in [6.07, 6.45) is 2.42. The lowest BCUT2D eigenvalue weighted by atomic mass is 10.2. The number of nitrogens with one attached hydrogen (secondary N) is 1. The third-order valence-corrected chi connectivity index (χ3v) is 2.51. The molecular weight excluding hydrogens is 202 g/mol. The summed E-state index contributed by atoms with van der Waals surface area (Å²) in [5.74, 6) is 0.596. The van der Waals surface area contributed by atoms with Crippen molar-refractivity contribution in [3.05, 3.63) is 28.9 Å². The molecular formula is C10H8ClNO2. The Kier molecular flexibility index (Phi) is 2.17. The molecule has 1 aromatic heterocycles. The summed E-state index contributed by atoms with van der Waals surface area (Å²) in [6.45, 7) is 0. The second-order valence-corrected chi connectivity index (χ2v) is 3.24. The van der Waals surface area contributed by atoms with Crippen molar-refractivity contribution in [2.24, 2.45) is 0 Å². The van der Waals surface area contributed by atoms with Gasteiger partial charge in [0, 0.05) is 17.1 Å². The highest BCUT2D eigenvalue weighted by atomic mass is 35.5. The summed E-state index contributed by atoms with van der Waals surface area (Å²) in [5.41, 5.74) is 1.33. The molecule has 1 aromatic carbocycles. The zero-order chi connectivity index (χ0) is 10.1. The molecule has 0 spiro atoms. The van der Waals surface area contributed by atoms with Gasteiger partial charge in [-0.25, -0.2) is 0 Å². The summed E-state index contributed by atoms with van der Waals surface area (Å²) in [6, 6.07) is 3.55. The maximum absolute atomic E-state index is 10.7. The van der Waals surface area contributed by atoms with E-state index in [-0.39, 0.29) is 0 Å². The fourth-order valence-corrected chi connectivity index (χ4v) is 1.72. The van der Waals surface area contributed by atoms with Crippen molar-refractivity contribution in [1.82, 2.24) is 4.98 Å². The molecule has 3 nitrogen and oxygen atoms in total. The summed E-state index contributed by atoms with van der Waals surface area (Å²) < 4.78 is 5.06. The number of carbonyl (C=O) groups is 1. The van der Waals surface area contributed by atoms with Crippen molar-refractivity contribution in [2.45, 2.75) is 0 Å². The van der Waals surface area contributed by atoms with Crippen molar-refractivity contribution in [2.75, 3.05) is 7.11 Å². The number of fused-ring (bicyclic) bond motifs is 1. The van der Waals surface area contributed by atoms with E-state index in [1.54, 1.807) is 25.4 Å². The highest BCUT2D eigenvalue weighted by Gasteiger charge is 2.09. The van der Waals surface area contributed by atoms with Crippen LogP contribution in [0.4, 0.5) is 0 Å². The van der Waals surface area contributed by atoms with E-state index in [0.717, 1.165) is 17.2 Å². The fraction of sp³-hybridized carbons (Fsp3) is 0.100. The third kappa shape index (κ3) is 1.17. The van der Waals surface area contributed by atoms with Gasteiger partial charge in [0.2, 0.25) is 0 Å². The average Bonchev–Trinajstić information content (AvgIpc) is 2.62. The Hall–Kier alpha value is -1.48. The maximum Gasteiger partial charge on any atom is 0.152 e. The Balaban J connectivity index is 2.78. The molecule has 0 aliphatic rings. The van der Waals surface area contributed by atoms with Crippen LogP contribution in [-0.2, 0) is 0 Å². The number of hydrogen-bond donors (Lipinski definition) is 1. The van der Waals surface area contributed by atoms with E-state index in [2.05, 4.69) is 4.98 Å². The lowest BCUT2D eigenvalue weighted by molar-refractivity contribution is 0.112. The molecule has 0 aliphatic heterocycles. The smallest absolute Gasteiger partial charge is 0.152 e. The van der Waals surface area contributed by atoms with Gasteiger partial charge in [-0.2, -0.15) is 0 Å². The normalized spacial score (nSPS) is 10.4. The monoisotopic (exact) mass is 209 g/mol. The largest absolute Gasteiger partial charge is 0.495 e. The molecule has 4 heteroatoms. The second-order valence-electron chi connectivity index (χ2n) is 2.87. The molecule has 1 N–H and O–H groups in total. The maximum atomic E-state index is 10.7. The van der Waals surface area contributed by atoms with Crippen LogP contribution in [0.1, 0.15) is 10.4 Å². The number of rotatable bonds is 2. The predicted octanol–water partition coefficient (Wildman–Crippen LogP) is 2.64. The summed E-state index contributed by atoms with van der Waals surface area (Å²) >= 11 is 6.04. The molecule has 0 bridgehead atoms. The topological polar surface area (TPSA) is 42.1 Å². The molecule has 0 fully saturated rings. The van der Waals surface area contributed by atoms with Crippen LogP contribution < -0.4 is 4.74 Å². The molecule has 0 saturated heterocycles. The van der Waals surface area contributed by atoms with Gasteiger partial charge in [-0.15, -0.1) is 0 Å². The molecule has 2 aromatic rings. The van der Waals surface area contributed by atoms with Crippen molar-refractivity contribution >= 4 is 28.8 Å². The fourth-order valence-electron chi connectivity index (χ4n) is 1.42.